The SMILES string of the molecule is COc1ccc(CC(=O)N/N=C\c2ccc3c(ccn3Cc3cccc(F)c3)c2)cc1. The Morgan fingerprint density at radius 2 is 1.90 bits per heavy atom. The molecule has 0 bridgehead atoms. The highest BCUT2D eigenvalue weighted by molar-refractivity contribution is 5.90. The molecule has 0 saturated carbocycles. The molecule has 156 valence electrons. The third-order valence-corrected chi connectivity index (χ3v) is 4.96. The number of benzene rings is 3. The first-order chi connectivity index (χ1) is 15.1. The number of amides is 1. The molecule has 0 atom stereocenters. The van der Waals surface area contributed by atoms with Crippen molar-refractivity contribution in [2.45, 2.75) is 13.0 Å². The maximum atomic E-state index is 13.4. The van der Waals surface area contributed by atoms with Gasteiger partial charge in [-0.3, -0.25) is 4.79 Å². The monoisotopic (exact) mass is 415 g/mol. The van der Waals surface area contributed by atoms with E-state index in [1.807, 2.05) is 60.8 Å². The molecule has 5 nitrogen and oxygen atoms in total. The van der Waals surface area contributed by atoms with Gasteiger partial charge < -0.3 is 9.30 Å². The van der Waals surface area contributed by atoms with Crippen LogP contribution >= 0.6 is 0 Å². The Morgan fingerprint density at radius 3 is 2.68 bits per heavy atom. The summed E-state index contributed by atoms with van der Waals surface area (Å²) in [4.78, 5) is 12.1. The zero-order chi connectivity index (χ0) is 21.6. The Kier molecular flexibility index (Phi) is 6.08. The van der Waals surface area contributed by atoms with E-state index in [1.54, 1.807) is 25.5 Å². The number of nitrogens with zero attached hydrogens (tertiary/aromatic N) is 2. The van der Waals surface area contributed by atoms with E-state index in [0.29, 0.717) is 6.54 Å². The second kappa shape index (κ2) is 9.26. The lowest BCUT2D eigenvalue weighted by Crippen LogP contribution is -2.19. The number of hydrazone groups is 1. The summed E-state index contributed by atoms with van der Waals surface area (Å²) in [5, 5.41) is 5.11. The van der Waals surface area contributed by atoms with Crippen LogP contribution in [0.15, 0.2) is 84.1 Å². The highest BCUT2D eigenvalue weighted by atomic mass is 19.1. The van der Waals surface area contributed by atoms with Crippen molar-refractivity contribution in [2.75, 3.05) is 7.11 Å². The highest BCUT2D eigenvalue weighted by Gasteiger charge is 2.05. The molecule has 0 fully saturated rings. The fourth-order valence-electron chi connectivity index (χ4n) is 3.42. The lowest BCUT2D eigenvalue weighted by atomic mass is 10.1. The Labute approximate surface area is 179 Å². The number of nitrogens with one attached hydrogen (secondary N) is 1. The summed E-state index contributed by atoms with van der Waals surface area (Å²) in [6.07, 6.45) is 3.84. The molecule has 1 N–H and O–H groups in total. The number of hydrogen-bond acceptors (Lipinski definition) is 3. The Bertz CT molecular complexity index is 1230. The predicted octanol–water partition coefficient (Wildman–Crippen LogP) is 4.53. The van der Waals surface area contributed by atoms with Gasteiger partial charge in [0.2, 0.25) is 5.91 Å². The van der Waals surface area contributed by atoms with Gasteiger partial charge >= 0.3 is 0 Å². The molecule has 6 heteroatoms. The number of carbonyl (C=O) groups excluding carboxylic acids is 1. The predicted molar refractivity (Wildman–Crippen MR) is 120 cm³/mol. The molecular formula is C25H22FN3O2. The van der Waals surface area contributed by atoms with Crippen molar-refractivity contribution < 1.29 is 13.9 Å². The Hall–Kier alpha value is -3.93. The molecule has 0 aliphatic rings. The average molecular weight is 415 g/mol. The number of hydrogen-bond donors (Lipinski definition) is 1. The van der Waals surface area contributed by atoms with Crippen molar-refractivity contribution >= 4 is 23.0 Å². The van der Waals surface area contributed by atoms with Gasteiger partial charge in [-0.15, -0.1) is 0 Å². The maximum Gasteiger partial charge on any atom is 0.244 e. The van der Waals surface area contributed by atoms with Gasteiger partial charge in [0, 0.05) is 23.6 Å². The Balaban J connectivity index is 1.38. The van der Waals surface area contributed by atoms with Crippen molar-refractivity contribution in [2.24, 2.45) is 5.10 Å². The minimum atomic E-state index is -0.235. The molecule has 1 aromatic heterocycles. The summed E-state index contributed by atoms with van der Waals surface area (Å²) >= 11 is 0. The van der Waals surface area contributed by atoms with Crippen LogP contribution in [0.5, 0.6) is 5.75 Å². The van der Waals surface area contributed by atoms with Crippen molar-refractivity contribution in [3.8, 4) is 5.75 Å². The van der Waals surface area contributed by atoms with Crippen molar-refractivity contribution in [3.63, 3.8) is 0 Å². The minimum Gasteiger partial charge on any atom is -0.497 e. The molecule has 1 amide bonds. The summed E-state index contributed by atoms with van der Waals surface area (Å²) in [5.41, 5.74) is 6.27. The lowest BCUT2D eigenvalue weighted by molar-refractivity contribution is -0.120. The van der Waals surface area contributed by atoms with E-state index in [4.69, 9.17) is 4.74 Å². The van der Waals surface area contributed by atoms with Crippen LogP contribution in [0.1, 0.15) is 16.7 Å². The zero-order valence-corrected chi connectivity index (χ0v) is 17.1. The van der Waals surface area contributed by atoms with Gasteiger partial charge in [0.15, 0.2) is 0 Å². The average Bonchev–Trinajstić information content (AvgIpc) is 3.16. The highest BCUT2D eigenvalue weighted by Crippen LogP contribution is 2.19. The first-order valence-electron chi connectivity index (χ1n) is 9.89. The number of halogens is 1. The van der Waals surface area contributed by atoms with Crippen LogP contribution in [0.25, 0.3) is 10.9 Å². The lowest BCUT2D eigenvalue weighted by Gasteiger charge is -2.06. The van der Waals surface area contributed by atoms with Gasteiger partial charge in [-0.2, -0.15) is 5.10 Å². The van der Waals surface area contributed by atoms with Crippen molar-refractivity contribution in [3.05, 3.63) is 102 Å². The van der Waals surface area contributed by atoms with Crippen LogP contribution < -0.4 is 10.2 Å². The third-order valence-electron chi connectivity index (χ3n) is 4.96. The van der Waals surface area contributed by atoms with E-state index in [-0.39, 0.29) is 18.1 Å². The molecule has 0 aliphatic carbocycles. The number of ether oxygens (including phenoxy) is 1. The smallest absolute Gasteiger partial charge is 0.244 e. The molecule has 0 aliphatic heterocycles. The van der Waals surface area contributed by atoms with E-state index in [1.165, 1.54) is 6.07 Å². The fourth-order valence-corrected chi connectivity index (χ4v) is 3.42. The van der Waals surface area contributed by atoms with Gasteiger partial charge in [0.05, 0.1) is 19.7 Å². The second-order valence-electron chi connectivity index (χ2n) is 7.21. The molecule has 1 heterocycles. The third kappa shape index (κ3) is 5.17. The van der Waals surface area contributed by atoms with Gasteiger partial charge in [0.1, 0.15) is 11.6 Å². The molecule has 31 heavy (non-hydrogen) atoms. The summed E-state index contributed by atoms with van der Waals surface area (Å²) in [6, 6.07) is 21.9. The molecule has 4 aromatic rings. The number of fused-ring (bicyclic) bond motifs is 1. The molecule has 0 unspecified atom stereocenters. The molecule has 0 saturated heterocycles. The topological polar surface area (TPSA) is 55.6 Å². The normalized spacial score (nSPS) is 11.2. The van der Waals surface area contributed by atoms with Crippen molar-refractivity contribution in [1.29, 1.82) is 0 Å². The van der Waals surface area contributed by atoms with Gasteiger partial charge in [0.25, 0.3) is 0 Å². The quantitative estimate of drug-likeness (QED) is 0.356. The molecule has 0 radical (unpaired) electrons. The van der Waals surface area contributed by atoms with Crippen LogP contribution in [-0.2, 0) is 17.8 Å². The number of aromatic nitrogens is 1. The molecule has 4 rings (SSSR count). The zero-order valence-electron chi connectivity index (χ0n) is 17.1. The number of methoxy groups -OCH3 is 1. The van der Waals surface area contributed by atoms with Crippen molar-refractivity contribution in [1.82, 2.24) is 9.99 Å². The Morgan fingerprint density at radius 1 is 1.06 bits per heavy atom. The van der Waals surface area contributed by atoms with E-state index in [9.17, 15) is 9.18 Å². The van der Waals surface area contributed by atoms with E-state index in [2.05, 4.69) is 15.1 Å². The summed E-state index contributed by atoms with van der Waals surface area (Å²) in [6.45, 7) is 0.593. The van der Waals surface area contributed by atoms with E-state index in [0.717, 1.165) is 33.3 Å². The molecular weight excluding hydrogens is 393 g/mol. The van der Waals surface area contributed by atoms with Crippen LogP contribution in [0, 0.1) is 5.82 Å². The first-order valence-corrected chi connectivity index (χ1v) is 9.89. The summed E-state index contributed by atoms with van der Waals surface area (Å²) in [7, 11) is 1.60. The summed E-state index contributed by atoms with van der Waals surface area (Å²) in [5.74, 6) is 0.326. The minimum absolute atomic E-state index is 0.191. The number of rotatable bonds is 7. The fraction of sp³-hybridized carbons (Fsp3) is 0.120. The van der Waals surface area contributed by atoms with Gasteiger partial charge in [-0.1, -0.05) is 30.3 Å². The number of carbonyl (C=O) groups is 1. The van der Waals surface area contributed by atoms with Crippen LogP contribution in [0.4, 0.5) is 4.39 Å². The largest absolute Gasteiger partial charge is 0.497 e. The first kappa shape index (κ1) is 20.3. The van der Waals surface area contributed by atoms with E-state index < -0.39 is 0 Å². The van der Waals surface area contributed by atoms with Gasteiger partial charge in [-0.25, -0.2) is 9.82 Å². The molecule has 0 spiro atoms. The maximum absolute atomic E-state index is 13.4. The standard InChI is InChI=1S/C25H22FN3O2/c1-31-23-8-5-18(6-9-23)15-25(30)28-27-16-19-7-10-24-21(13-19)11-12-29(24)17-20-3-2-4-22(26)14-20/h2-14,16H,15,17H2,1H3,(H,28,30)/b27-16-. The molecule has 3 aromatic carbocycles. The van der Waals surface area contributed by atoms with Gasteiger partial charge in [-0.05, 0) is 59.2 Å². The second-order valence-corrected chi connectivity index (χ2v) is 7.21. The summed E-state index contributed by atoms with van der Waals surface area (Å²) < 4.78 is 20.6. The van der Waals surface area contributed by atoms with E-state index >= 15 is 0 Å². The van der Waals surface area contributed by atoms with Crippen LogP contribution in [-0.4, -0.2) is 23.8 Å². The van der Waals surface area contributed by atoms with Crippen LogP contribution in [0.2, 0.25) is 0 Å². The van der Waals surface area contributed by atoms with Crippen LogP contribution in [0.3, 0.4) is 0 Å².